The second-order valence-corrected chi connectivity index (χ2v) is 6.53. The molecule has 2 aromatic carbocycles. The highest BCUT2D eigenvalue weighted by atomic mass is 16.7. The first-order chi connectivity index (χ1) is 13.7. The molecule has 1 atom stereocenters. The number of aliphatic hydroxyl groups is 1. The first-order valence-corrected chi connectivity index (χ1v) is 9.27. The maximum absolute atomic E-state index is 12.0. The van der Waals surface area contributed by atoms with E-state index in [0.717, 1.165) is 11.1 Å². The maximum Gasteiger partial charge on any atom is 0.309 e. The van der Waals surface area contributed by atoms with Crippen molar-refractivity contribution in [3.8, 4) is 11.5 Å². The quantitative estimate of drug-likeness (QED) is 0.602. The van der Waals surface area contributed by atoms with Gasteiger partial charge < -0.3 is 25.2 Å². The van der Waals surface area contributed by atoms with Gasteiger partial charge in [0.2, 0.25) is 6.79 Å². The van der Waals surface area contributed by atoms with E-state index in [1.165, 1.54) is 0 Å². The molecular formula is C21H24N2O5. The summed E-state index contributed by atoms with van der Waals surface area (Å²) in [6.07, 6.45) is 1.25. The lowest BCUT2D eigenvalue weighted by Crippen LogP contribution is -2.40. The smallest absolute Gasteiger partial charge is 0.309 e. The van der Waals surface area contributed by atoms with Crippen LogP contribution < -0.4 is 20.1 Å². The molecule has 1 aliphatic rings. The predicted molar refractivity (Wildman–Crippen MR) is 103 cm³/mol. The van der Waals surface area contributed by atoms with Gasteiger partial charge >= 0.3 is 11.8 Å². The lowest BCUT2D eigenvalue weighted by molar-refractivity contribution is -0.139. The number of hydrogen-bond donors (Lipinski definition) is 3. The van der Waals surface area contributed by atoms with Crippen LogP contribution >= 0.6 is 0 Å². The fraction of sp³-hybridized carbons (Fsp3) is 0.333. The third kappa shape index (κ3) is 5.23. The number of ether oxygens (including phenoxy) is 2. The van der Waals surface area contributed by atoms with Crippen LogP contribution in [0.2, 0.25) is 0 Å². The summed E-state index contributed by atoms with van der Waals surface area (Å²) in [6, 6.07) is 15.2. The monoisotopic (exact) mass is 384 g/mol. The Kier molecular flexibility index (Phi) is 6.86. The van der Waals surface area contributed by atoms with E-state index in [9.17, 15) is 14.7 Å². The minimum atomic E-state index is -0.684. The molecule has 3 N–H and O–H groups in total. The molecule has 0 fully saturated rings. The van der Waals surface area contributed by atoms with Gasteiger partial charge in [-0.15, -0.1) is 0 Å². The molecule has 0 bridgehead atoms. The number of fused-ring (bicyclic) bond motifs is 1. The summed E-state index contributed by atoms with van der Waals surface area (Å²) in [4.78, 5) is 24.0. The fourth-order valence-electron chi connectivity index (χ4n) is 3.11. The van der Waals surface area contributed by atoms with Gasteiger partial charge in [-0.2, -0.15) is 0 Å². The summed E-state index contributed by atoms with van der Waals surface area (Å²) in [5, 5.41) is 14.5. The van der Waals surface area contributed by atoms with Crippen LogP contribution in [-0.4, -0.2) is 36.9 Å². The molecule has 148 valence electrons. The second-order valence-electron chi connectivity index (χ2n) is 6.53. The Morgan fingerprint density at radius 2 is 1.71 bits per heavy atom. The van der Waals surface area contributed by atoms with Crippen molar-refractivity contribution in [2.24, 2.45) is 0 Å². The van der Waals surface area contributed by atoms with E-state index in [1.54, 1.807) is 12.1 Å². The molecule has 2 amide bonds. The van der Waals surface area contributed by atoms with Gasteiger partial charge in [0.05, 0.1) is 0 Å². The van der Waals surface area contributed by atoms with Gasteiger partial charge in [-0.25, -0.2) is 0 Å². The van der Waals surface area contributed by atoms with Crippen molar-refractivity contribution in [3.63, 3.8) is 0 Å². The number of carbonyl (C=O) groups excluding carboxylic acids is 2. The van der Waals surface area contributed by atoms with E-state index in [1.807, 2.05) is 36.4 Å². The van der Waals surface area contributed by atoms with Crippen molar-refractivity contribution >= 4 is 11.8 Å². The Morgan fingerprint density at radius 1 is 0.964 bits per heavy atom. The number of hydrogen-bond acceptors (Lipinski definition) is 5. The molecule has 1 aliphatic heterocycles. The van der Waals surface area contributed by atoms with Gasteiger partial charge in [0.15, 0.2) is 11.5 Å². The average Bonchev–Trinajstić information content (AvgIpc) is 3.19. The number of carbonyl (C=O) groups is 2. The Hall–Kier alpha value is -3.06. The number of benzene rings is 2. The zero-order valence-electron chi connectivity index (χ0n) is 15.5. The first-order valence-electron chi connectivity index (χ1n) is 9.27. The van der Waals surface area contributed by atoms with E-state index >= 15 is 0 Å². The molecule has 0 aromatic heterocycles. The van der Waals surface area contributed by atoms with Crippen molar-refractivity contribution in [3.05, 3.63) is 59.7 Å². The van der Waals surface area contributed by atoms with Crippen molar-refractivity contribution < 1.29 is 24.2 Å². The van der Waals surface area contributed by atoms with Crippen LogP contribution in [0.1, 0.15) is 29.9 Å². The van der Waals surface area contributed by atoms with Crippen molar-refractivity contribution in [1.29, 1.82) is 0 Å². The summed E-state index contributed by atoms with van der Waals surface area (Å²) in [7, 11) is 0. The fourth-order valence-corrected chi connectivity index (χ4v) is 3.11. The average molecular weight is 384 g/mol. The zero-order chi connectivity index (χ0) is 19.8. The van der Waals surface area contributed by atoms with E-state index in [0.29, 0.717) is 30.9 Å². The molecule has 2 aromatic rings. The molecule has 0 saturated carbocycles. The van der Waals surface area contributed by atoms with Crippen LogP contribution in [0.4, 0.5) is 0 Å². The third-order valence-corrected chi connectivity index (χ3v) is 4.62. The number of aliphatic hydroxyl groups excluding tert-OH is 1. The van der Waals surface area contributed by atoms with Crippen LogP contribution in [-0.2, 0) is 16.1 Å². The van der Waals surface area contributed by atoms with Crippen molar-refractivity contribution in [1.82, 2.24) is 10.6 Å². The normalized spacial score (nSPS) is 13.0. The highest BCUT2D eigenvalue weighted by Crippen LogP contribution is 2.32. The minimum absolute atomic E-state index is 0.0729. The number of rotatable bonds is 8. The predicted octanol–water partition coefficient (Wildman–Crippen LogP) is 1.70. The van der Waals surface area contributed by atoms with Crippen LogP contribution in [0.15, 0.2) is 48.5 Å². The molecule has 3 rings (SSSR count). The van der Waals surface area contributed by atoms with E-state index in [-0.39, 0.29) is 25.9 Å². The van der Waals surface area contributed by atoms with Gasteiger partial charge in [-0.3, -0.25) is 9.59 Å². The second kappa shape index (κ2) is 9.75. The standard InChI is InChI=1S/C21H24N2O5/c24-11-9-17(16-4-2-1-3-5-16)8-10-22-20(25)21(26)23-13-15-6-7-18-19(12-15)28-14-27-18/h1-7,12,17,24H,8-11,13-14H2,(H,22,25)(H,23,26)/t17-/m0/s1. The van der Waals surface area contributed by atoms with Gasteiger partial charge in [0.25, 0.3) is 0 Å². The van der Waals surface area contributed by atoms with Gasteiger partial charge in [-0.1, -0.05) is 36.4 Å². The topological polar surface area (TPSA) is 96.9 Å². The molecule has 1 heterocycles. The third-order valence-electron chi connectivity index (χ3n) is 4.62. The van der Waals surface area contributed by atoms with Crippen molar-refractivity contribution in [2.45, 2.75) is 25.3 Å². The van der Waals surface area contributed by atoms with Crippen molar-refractivity contribution in [2.75, 3.05) is 19.9 Å². The molecule has 0 aliphatic carbocycles. The zero-order valence-corrected chi connectivity index (χ0v) is 15.5. The van der Waals surface area contributed by atoms with Gasteiger partial charge in [0.1, 0.15) is 0 Å². The molecule has 0 saturated heterocycles. The SMILES string of the molecule is O=C(NCC[C@@H](CCO)c1ccccc1)C(=O)NCc1ccc2c(c1)OCO2. The number of amides is 2. The van der Waals surface area contributed by atoms with Crippen LogP contribution in [0.5, 0.6) is 11.5 Å². The Morgan fingerprint density at radius 3 is 2.50 bits per heavy atom. The molecular weight excluding hydrogens is 360 g/mol. The Labute approximate surface area is 163 Å². The van der Waals surface area contributed by atoms with E-state index in [2.05, 4.69) is 10.6 Å². The minimum Gasteiger partial charge on any atom is -0.454 e. The summed E-state index contributed by atoms with van der Waals surface area (Å²) in [5.41, 5.74) is 1.93. The Bertz CT molecular complexity index is 810. The lowest BCUT2D eigenvalue weighted by Gasteiger charge is -2.16. The highest BCUT2D eigenvalue weighted by molar-refractivity contribution is 6.35. The summed E-state index contributed by atoms with van der Waals surface area (Å²) < 4.78 is 10.5. The summed E-state index contributed by atoms with van der Waals surface area (Å²) in [5.74, 6) is 0.0755. The Balaban J connectivity index is 1.43. The van der Waals surface area contributed by atoms with Crippen LogP contribution in [0.25, 0.3) is 0 Å². The first kappa shape index (κ1) is 19.7. The van der Waals surface area contributed by atoms with Gasteiger partial charge in [0, 0.05) is 19.7 Å². The van der Waals surface area contributed by atoms with E-state index < -0.39 is 11.8 Å². The highest BCUT2D eigenvalue weighted by Gasteiger charge is 2.17. The molecule has 7 heteroatoms. The molecule has 7 nitrogen and oxygen atoms in total. The number of nitrogens with one attached hydrogen (secondary N) is 2. The maximum atomic E-state index is 12.0. The van der Waals surface area contributed by atoms with Crippen LogP contribution in [0, 0.1) is 0 Å². The van der Waals surface area contributed by atoms with E-state index in [4.69, 9.17) is 9.47 Å². The largest absolute Gasteiger partial charge is 0.454 e. The van der Waals surface area contributed by atoms with Crippen LogP contribution in [0.3, 0.4) is 0 Å². The molecule has 0 radical (unpaired) electrons. The molecule has 28 heavy (non-hydrogen) atoms. The lowest BCUT2D eigenvalue weighted by atomic mass is 9.93. The molecule has 0 unspecified atom stereocenters. The summed E-state index contributed by atoms with van der Waals surface area (Å²) in [6.45, 7) is 0.840. The summed E-state index contributed by atoms with van der Waals surface area (Å²) >= 11 is 0. The van der Waals surface area contributed by atoms with Gasteiger partial charge in [-0.05, 0) is 42.0 Å². The molecule has 0 spiro atoms.